The van der Waals surface area contributed by atoms with Crippen molar-refractivity contribution < 1.29 is 19.0 Å². The summed E-state index contributed by atoms with van der Waals surface area (Å²) in [7, 11) is 0. The topological polar surface area (TPSA) is 61.8 Å². The van der Waals surface area contributed by atoms with Gasteiger partial charge in [-0.2, -0.15) is 0 Å². The van der Waals surface area contributed by atoms with Gasteiger partial charge in [-0.05, 0) is 31.4 Å². The Morgan fingerprint density at radius 1 is 1.55 bits per heavy atom. The van der Waals surface area contributed by atoms with Gasteiger partial charge >= 0.3 is 6.03 Å². The lowest BCUT2D eigenvalue weighted by atomic mass is 10.2. The standard InChI is InChI=1S/C16H23FN2O3/c1-2-13(22-15-8-4-3-7-14(15)17)10-18-16(21)19-9-5-6-12(19)11-20/h3-4,7-8,12-13,20H,2,5-6,9-11H2,1H3,(H,18,21)/t12-,13?/m1/s1. The SMILES string of the molecule is CCC(CNC(=O)N1CCC[C@@H]1CO)Oc1ccccc1F. The van der Waals surface area contributed by atoms with E-state index in [-0.39, 0.29) is 30.5 Å². The van der Waals surface area contributed by atoms with E-state index in [0.717, 1.165) is 12.8 Å². The summed E-state index contributed by atoms with van der Waals surface area (Å²) in [5.41, 5.74) is 0. The van der Waals surface area contributed by atoms with Gasteiger partial charge in [0.15, 0.2) is 11.6 Å². The van der Waals surface area contributed by atoms with Crippen LogP contribution in [0.1, 0.15) is 26.2 Å². The number of hydrogen-bond donors (Lipinski definition) is 2. The van der Waals surface area contributed by atoms with E-state index in [0.29, 0.717) is 19.5 Å². The Morgan fingerprint density at radius 3 is 3.00 bits per heavy atom. The van der Waals surface area contributed by atoms with E-state index < -0.39 is 5.82 Å². The molecular formula is C16H23FN2O3. The number of aliphatic hydroxyl groups excluding tert-OH is 1. The van der Waals surface area contributed by atoms with Crippen LogP contribution in [-0.2, 0) is 0 Å². The Labute approximate surface area is 130 Å². The third-order valence-corrected chi connectivity index (χ3v) is 3.92. The predicted octanol–water partition coefficient (Wildman–Crippen LogP) is 2.15. The van der Waals surface area contributed by atoms with Crippen LogP contribution in [0.2, 0.25) is 0 Å². The number of benzene rings is 1. The number of para-hydroxylation sites is 1. The van der Waals surface area contributed by atoms with Crippen LogP contribution >= 0.6 is 0 Å². The molecule has 0 radical (unpaired) electrons. The van der Waals surface area contributed by atoms with Crippen molar-refractivity contribution >= 4 is 6.03 Å². The fraction of sp³-hybridized carbons (Fsp3) is 0.562. The Bertz CT molecular complexity index is 498. The van der Waals surface area contributed by atoms with Crippen LogP contribution in [0.15, 0.2) is 24.3 Å². The van der Waals surface area contributed by atoms with Gasteiger partial charge in [0.25, 0.3) is 0 Å². The summed E-state index contributed by atoms with van der Waals surface area (Å²) in [6.07, 6.45) is 2.09. The molecule has 2 N–H and O–H groups in total. The number of hydrogen-bond acceptors (Lipinski definition) is 3. The van der Waals surface area contributed by atoms with Crippen molar-refractivity contribution in [2.45, 2.75) is 38.3 Å². The largest absolute Gasteiger partial charge is 0.486 e. The molecule has 0 bridgehead atoms. The lowest BCUT2D eigenvalue weighted by Crippen LogP contribution is -2.46. The summed E-state index contributed by atoms with van der Waals surface area (Å²) >= 11 is 0. The zero-order chi connectivity index (χ0) is 15.9. The molecule has 0 spiro atoms. The summed E-state index contributed by atoms with van der Waals surface area (Å²) in [5.74, 6) is -0.217. The molecule has 22 heavy (non-hydrogen) atoms. The quantitative estimate of drug-likeness (QED) is 0.846. The van der Waals surface area contributed by atoms with E-state index >= 15 is 0 Å². The summed E-state index contributed by atoms with van der Waals surface area (Å²) < 4.78 is 19.2. The Morgan fingerprint density at radius 2 is 2.32 bits per heavy atom. The number of urea groups is 1. The van der Waals surface area contributed by atoms with Crippen LogP contribution in [0.4, 0.5) is 9.18 Å². The zero-order valence-electron chi connectivity index (χ0n) is 12.8. The van der Waals surface area contributed by atoms with Gasteiger partial charge < -0.3 is 20.1 Å². The first-order valence-electron chi connectivity index (χ1n) is 7.72. The third-order valence-electron chi connectivity index (χ3n) is 3.92. The first-order chi connectivity index (χ1) is 10.7. The lowest BCUT2D eigenvalue weighted by Gasteiger charge is -2.25. The monoisotopic (exact) mass is 310 g/mol. The fourth-order valence-corrected chi connectivity index (χ4v) is 2.58. The minimum Gasteiger partial charge on any atom is -0.486 e. The summed E-state index contributed by atoms with van der Waals surface area (Å²) in [5, 5.41) is 12.1. The zero-order valence-corrected chi connectivity index (χ0v) is 12.8. The number of nitrogens with zero attached hydrogens (tertiary/aromatic N) is 1. The summed E-state index contributed by atoms with van der Waals surface area (Å²) in [6.45, 7) is 2.86. The van der Waals surface area contributed by atoms with Gasteiger partial charge in [-0.25, -0.2) is 9.18 Å². The molecule has 1 aromatic carbocycles. The van der Waals surface area contributed by atoms with Crippen LogP contribution in [0.25, 0.3) is 0 Å². The molecule has 2 atom stereocenters. The Balaban J connectivity index is 1.86. The van der Waals surface area contributed by atoms with Crippen LogP contribution in [0.5, 0.6) is 5.75 Å². The van der Waals surface area contributed by atoms with Gasteiger partial charge in [-0.3, -0.25) is 0 Å². The highest BCUT2D eigenvalue weighted by Crippen LogP contribution is 2.19. The summed E-state index contributed by atoms with van der Waals surface area (Å²) in [4.78, 5) is 13.8. The number of rotatable bonds is 6. The van der Waals surface area contributed by atoms with E-state index in [1.807, 2.05) is 6.92 Å². The van der Waals surface area contributed by atoms with Crippen LogP contribution < -0.4 is 10.1 Å². The van der Waals surface area contributed by atoms with Crippen LogP contribution in [0, 0.1) is 5.82 Å². The maximum atomic E-state index is 13.6. The third kappa shape index (κ3) is 4.10. The number of ether oxygens (including phenoxy) is 1. The fourth-order valence-electron chi connectivity index (χ4n) is 2.58. The predicted molar refractivity (Wildman–Crippen MR) is 81.3 cm³/mol. The first kappa shape index (κ1) is 16.5. The van der Waals surface area contributed by atoms with Gasteiger partial charge in [-0.15, -0.1) is 0 Å². The molecule has 0 aliphatic carbocycles. The number of nitrogens with one attached hydrogen (secondary N) is 1. The average molecular weight is 310 g/mol. The number of carbonyl (C=O) groups is 1. The highest BCUT2D eigenvalue weighted by atomic mass is 19.1. The highest BCUT2D eigenvalue weighted by molar-refractivity contribution is 5.74. The molecule has 1 aliphatic rings. The summed E-state index contributed by atoms with van der Waals surface area (Å²) in [6, 6.07) is 5.92. The average Bonchev–Trinajstić information content (AvgIpc) is 3.01. The molecule has 6 heteroatoms. The van der Waals surface area contributed by atoms with Gasteiger partial charge in [0.05, 0.1) is 19.2 Å². The van der Waals surface area contributed by atoms with E-state index in [9.17, 15) is 14.3 Å². The van der Waals surface area contributed by atoms with Crippen molar-refractivity contribution in [3.8, 4) is 5.75 Å². The smallest absolute Gasteiger partial charge is 0.317 e. The Kier molecular flexibility index (Phi) is 6.00. The van der Waals surface area contributed by atoms with Gasteiger partial charge in [0.1, 0.15) is 6.10 Å². The van der Waals surface area contributed by atoms with Crippen molar-refractivity contribution in [2.24, 2.45) is 0 Å². The van der Waals surface area contributed by atoms with Crippen molar-refractivity contribution in [3.05, 3.63) is 30.1 Å². The number of likely N-dealkylation sites (tertiary alicyclic amines) is 1. The molecule has 0 aromatic heterocycles. The van der Waals surface area contributed by atoms with E-state index in [4.69, 9.17) is 4.74 Å². The lowest BCUT2D eigenvalue weighted by molar-refractivity contribution is 0.147. The maximum Gasteiger partial charge on any atom is 0.317 e. The molecule has 0 saturated carbocycles. The number of carbonyl (C=O) groups excluding carboxylic acids is 1. The number of amides is 2. The molecular weight excluding hydrogens is 287 g/mol. The van der Waals surface area contributed by atoms with Crippen molar-refractivity contribution in [1.82, 2.24) is 10.2 Å². The molecule has 2 amide bonds. The van der Waals surface area contributed by atoms with Gasteiger partial charge in [-0.1, -0.05) is 19.1 Å². The highest BCUT2D eigenvalue weighted by Gasteiger charge is 2.28. The number of halogens is 1. The molecule has 2 rings (SSSR count). The van der Waals surface area contributed by atoms with Crippen molar-refractivity contribution in [1.29, 1.82) is 0 Å². The molecule has 1 heterocycles. The molecule has 122 valence electrons. The second kappa shape index (κ2) is 7.98. The van der Waals surface area contributed by atoms with E-state index in [1.54, 1.807) is 23.1 Å². The van der Waals surface area contributed by atoms with Gasteiger partial charge in [0, 0.05) is 6.54 Å². The van der Waals surface area contributed by atoms with Gasteiger partial charge in [0.2, 0.25) is 0 Å². The Hall–Kier alpha value is -1.82. The van der Waals surface area contributed by atoms with E-state index in [2.05, 4.69) is 5.32 Å². The maximum absolute atomic E-state index is 13.6. The molecule has 1 aromatic rings. The molecule has 1 fully saturated rings. The molecule has 5 nitrogen and oxygen atoms in total. The van der Waals surface area contributed by atoms with Crippen LogP contribution in [-0.4, -0.2) is 47.9 Å². The van der Waals surface area contributed by atoms with E-state index in [1.165, 1.54) is 6.07 Å². The molecule has 1 aliphatic heterocycles. The number of aliphatic hydroxyl groups is 1. The molecule has 1 saturated heterocycles. The van der Waals surface area contributed by atoms with Crippen LogP contribution in [0.3, 0.4) is 0 Å². The van der Waals surface area contributed by atoms with Crippen molar-refractivity contribution in [3.63, 3.8) is 0 Å². The minimum absolute atomic E-state index is 0.0175. The normalized spacial score (nSPS) is 19.0. The first-order valence-corrected chi connectivity index (χ1v) is 7.72. The minimum atomic E-state index is -0.410. The van der Waals surface area contributed by atoms with Crippen molar-refractivity contribution in [2.75, 3.05) is 19.7 Å². The second-order valence-corrected chi connectivity index (χ2v) is 5.44. The molecule has 1 unspecified atom stereocenters. The second-order valence-electron chi connectivity index (χ2n) is 5.44.